The van der Waals surface area contributed by atoms with Crippen LogP contribution < -0.4 is 0 Å². The quantitative estimate of drug-likeness (QED) is 0.910. The van der Waals surface area contributed by atoms with Crippen LogP contribution in [0.4, 0.5) is 0 Å². The first kappa shape index (κ1) is 16.5. The standard InChI is InChI=1S/C20H31N3O/c1-16(2)9-21-11-18-8-19(24)12-23(18)20(13-21)14-22(15-20)10-17-6-4-3-5-7-17/h3-7,16,18-19,24H,8-15H2,1-2H3/t18-,19+/m0/s1. The summed E-state index contributed by atoms with van der Waals surface area (Å²) in [6.45, 7) is 12.3. The molecular weight excluding hydrogens is 298 g/mol. The second-order valence-corrected chi connectivity index (χ2v) is 8.64. The Balaban J connectivity index is 1.44. The van der Waals surface area contributed by atoms with Crippen LogP contribution in [0.3, 0.4) is 0 Å². The summed E-state index contributed by atoms with van der Waals surface area (Å²) in [6.07, 6.45) is 0.823. The van der Waals surface area contributed by atoms with Crippen molar-refractivity contribution in [2.24, 2.45) is 5.92 Å². The Labute approximate surface area is 146 Å². The molecule has 1 N–H and O–H groups in total. The molecule has 0 bridgehead atoms. The SMILES string of the molecule is CC(C)CN1C[C@@H]2C[C@@H](O)CN2C2(C1)CN(Cc1ccccc1)C2. The number of nitrogens with zero attached hydrogens (tertiary/aromatic N) is 3. The molecule has 3 aliphatic heterocycles. The molecule has 4 nitrogen and oxygen atoms in total. The lowest BCUT2D eigenvalue weighted by Crippen LogP contribution is -2.77. The molecule has 1 aromatic carbocycles. The van der Waals surface area contributed by atoms with E-state index < -0.39 is 0 Å². The molecule has 3 heterocycles. The summed E-state index contributed by atoms with van der Waals surface area (Å²) in [4.78, 5) is 7.87. The predicted octanol–water partition coefficient (Wildman–Crippen LogP) is 1.65. The largest absolute Gasteiger partial charge is 0.392 e. The number of fused-ring (bicyclic) bond motifs is 2. The average molecular weight is 329 g/mol. The minimum absolute atomic E-state index is 0.131. The van der Waals surface area contributed by atoms with Gasteiger partial charge in [-0.2, -0.15) is 0 Å². The van der Waals surface area contributed by atoms with E-state index in [1.807, 2.05) is 0 Å². The summed E-state index contributed by atoms with van der Waals surface area (Å²) in [5.41, 5.74) is 1.67. The normalized spacial score (nSPS) is 30.7. The summed E-state index contributed by atoms with van der Waals surface area (Å²) in [5, 5.41) is 10.2. The van der Waals surface area contributed by atoms with Crippen molar-refractivity contribution in [3.63, 3.8) is 0 Å². The van der Waals surface area contributed by atoms with Crippen LogP contribution in [0.1, 0.15) is 25.8 Å². The monoisotopic (exact) mass is 329 g/mol. The number of β-amino-alcohol motifs (C(OH)–C–C–N with tert-alkyl or cyclic N) is 1. The zero-order chi connectivity index (χ0) is 16.7. The van der Waals surface area contributed by atoms with Crippen LogP contribution in [0, 0.1) is 5.92 Å². The van der Waals surface area contributed by atoms with E-state index in [1.165, 1.54) is 18.7 Å². The van der Waals surface area contributed by atoms with Gasteiger partial charge in [-0.05, 0) is 17.9 Å². The van der Waals surface area contributed by atoms with Gasteiger partial charge in [0.1, 0.15) is 0 Å². The highest BCUT2D eigenvalue weighted by molar-refractivity contribution is 5.18. The first-order chi connectivity index (χ1) is 11.5. The summed E-state index contributed by atoms with van der Waals surface area (Å²) in [6, 6.07) is 11.3. The number of hydrogen-bond donors (Lipinski definition) is 1. The third-order valence-electron chi connectivity index (χ3n) is 5.90. The second-order valence-electron chi connectivity index (χ2n) is 8.64. The molecule has 3 fully saturated rings. The van der Waals surface area contributed by atoms with Gasteiger partial charge >= 0.3 is 0 Å². The van der Waals surface area contributed by atoms with Crippen LogP contribution >= 0.6 is 0 Å². The van der Waals surface area contributed by atoms with Crippen molar-refractivity contribution in [1.29, 1.82) is 0 Å². The van der Waals surface area contributed by atoms with E-state index in [9.17, 15) is 5.11 Å². The van der Waals surface area contributed by atoms with Gasteiger partial charge in [-0.3, -0.25) is 14.7 Å². The fraction of sp³-hybridized carbons (Fsp3) is 0.700. The molecule has 0 radical (unpaired) electrons. The van der Waals surface area contributed by atoms with Gasteiger partial charge in [0.2, 0.25) is 0 Å². The molecule has 1 spiro atoms. The molecule has 0 aliphatic carbocycles. The Morgan fingerprint density at radius 2 is 1.79 bits per heavy atom. The Morgan fingerprint density at radius 1 is 1.08 bits per heavy atom. The minimum atomic E-state index is -0.131. The van der Waals surface area contributed by atoms with E-state index in [4.69, 9.17) is 0 Å². The number of piperazine rings is 1. The number of likely N-dealkylation sites (tertiary alicyclic amines) is 1. The van der Waals surface area contributed by atoms with Crippen LogP contribution in [0.5, 0.6) is 0 Å². The third-order valence-corrected chi connectivity index (χ3v) is 5.90. The molecule has 2 atom stereocenters. The topological polar surface area (TPSA) is 30.0 Å². The van der Waals surface area contributed by atoms with Gasteiger partial charge < -0.3 is 5.11 Å². The maximum Gasteiger partial charge on any atom is 0.0682 e. The van der Waals surface area contributed by atoms with Crippen molar-refractivity contribution in [3.8, 4) is 0 Å². The Bertz CT molecular complexity index is 555. The van der Waals surface area contributed by atoms with Crippen LogP contribution in [-0.4, -0.2) is 76.8 Å². The van der Waals surface area contributed by atoms with Gasteiger partial charge in [0.25, 0.3) is 0 Å². The van der Waals surface area contributed by atoms with Gasteiger partial charge in [0.15, 0.2) is 0 Å². The summed E-state index contributed by atoms with van der Waals surface area (Å²) >= 11 is 0. The molecule has 3 aliphatic rings. The highest BCUT2D eigenvalue weighted by Crippen LogP contribution is 2.39. The van der Waals surface area contributed by atoms with E-state index in [0.29, 0.717) is 12.0 Å². The van der Waals surface area contributed by atoms with E-state index in [0.717, 1.165) is 39.1 Å². The van der Waals surface area contributed by atoms with Crippen LogP contribution in [0.2, 0.25) is 0 Å². The lowest BCUT2D eigenvalue weighted by Gasteiger charge is -2.61. The van der Waals surface area contributed by atoms with Crippen molar-refractivity contribution < 1.29 is 5.11 Å². The van der Waals surface area contributed by atoms with Crippen molar-refractivity contribution in [2.45, 2.75) is 44.5 Å². The highest BCUT2D eigenvalue weighted by Gasteiger charge is 2.55. The fourth-order valence-corrected chi connectivity index (χ4v) is 5.19. The molecule has 4 heteroatoms. The van der Waals surface area contributed by atoms with Gasteiger partial charge in [-0.25, -0.2) is 0 Å². The van der Waals surface area contributed by atoms with Gasteiger partial charge in [-0.1, -0.05) is 44.2 Å². The van der Waals surface area contributed by atoms with Crippen molar-refractivity contribution in [1.82, 2.24) is 14.7 Å². The fourth-order valence-electron chi connectivity index (χ4n) is 5.19. The van der Waals surface area contributed by atoms with Crippen LogP contribution in [0.25, 0.3) is 0 Å². The number of hydrogen-bond acceptors (Lipinski definition) is 4. The van der Waals surface area contributed by atoms with E-state index in [-0.39, 0.29) is 11.6 Å². The lowest BCUT2D eigenvalue weighted by molar-refractivity contribution is -0.117. The van der Waals surface area contributed by atoms with E-state index in [1.54, 1.807) is 0 Å². The molecule has 0 aromatic heterocycles. The van der Waals surface area contributed by atoms with E-state index >= 15 is 0 Å². The van der Waals surface area contributed by atoms with Crippen molar-refractivity contribution in [2.75, 3.05) is 39.3 Å². The van der Waals surface area contributed by atoms with Gasteiger partial charge in [0.05, 0.1) is 11.6 Å². The maximum absolute atomic E-state index is 10.2. The molecule has 0 amide bonds. The predicted molar refractivity (Wildman–Crippen MR) is 96.8 cm³/mol. The molecule has 4 rings (SSSR count). The summed E-state index contributed by atoms with van der Waals surface area (Å²) in [5.74, 6) is 0.709. The van der Waals surface area contributed by atoms with Crippen molar-refractivity contribution in [3.05, 3.63) is 35.9 Å². The summed E-state index contributed by atoms with van der Waals surface area (Å²) in [7, 11) is 0. The summed E-state index contributed by atoms with van der Waals surface area (Å²) < 4.78 is 0. The zero-order valence-corrected chi connectivity index (χ0v) is 15.1. The van der Waals surface area contributed by atoms with Crippen LogP contribution in [-0.2, 0) is 6.54 Å². The van der Waals surface area contributed by atoms with Gasteiger partial charge in [-0.15, -0.1) is 0 Å². The Hall–Kier alpha value is -0.940. The van der Waals surface area contributed by atoms with Crippen LogP contribution in [0.15, 0.2) is 30.3 Å². The Morgan fingerprint density at radius 3 is 2.50 bits per heavy atom. The third kappa shape index (κ3) is 3.13. The molecule has 24 heavy (non-hydrogen) atoms. The lowest BCUT2D eigenvalue weighted by atomic mass is 9.83. The molecular formula is C20H31N3O. The highest BCUT2D eigenvalue weighted by atomic mass is 16.3. The Kier molecular flexibility index (Phi) is 4.42. The van der Waals surface area contributed by atoms with Crippen molar-refractivity contribution >= 4 is 0 Å². The molecule has 0 saturated carbocycles. The van der Waals surface area contributed by atoms with E-state index in [2.05, 4.69) is 58.9 Å². The maximum atomic E-state index is 10.2. The minimum Gasteiger partial charge on any atom is -0.392 e. The number of aliphatic hydroxyl groups is 1. The first-order valence-electron chi connectivity index (χ1n) is 9.47. The average Bonchev–Trinajstić information content (AvgIpc) is 2.87. The second kappa shape index (κ2) is 6.41. The number of aliphatic hydroxyl groups excluding tert-OH is 1. The molecule has 0 unspecified atom stereocenters. The molecule has 132 valence electrons. The zero-order valence-electron chi connectivity index (χ0n) is 15.1. The molecule has 3 saturated heterocycles. The molecule has 1 aromatic rings. The number of rotatable bonds is 4. The first-order valence-corrected chi connectivity index (χ1v) is 9.47. The van der Waals surface area contributed by atoms with Gasteiger partial charge in [0, 0.05) is 51.9 Å². The number of benzene rings is 1. The smallest absolute Gasteiger partial charge is 0.0682 e.